The van der Waals surface area contributed by atoms with Gasteiger partial charge in [0.1, 0.15) is 11.5 Å². The van der Waals surface area contributed by atoms with Crippen LogP contribution in [0, 0.1) is 6.92 Å². The lowest BCUT2D eigenvalue weighted by molar-refractivity contribution is 0.0824. The van der Waals surface area contributed by atoms with Crippen LogP contribution in [-0.2, 0) is 16.6 Å². The van der Waals surface area contributed by atoms with E-state index in [1.54, 1.807) is 39.2 Å². The van der Waals surface area contributed by atoms with Gasteiger partial charge in [-0.25, -0.2) is 8.42 Å². The van der Waals surface area contributed by atoms with Gasteiger partial charge in [-0.2, -0.15) is 0 Å². The standard InChI is InChI=1S/C18H20N4O5S/c1-11-7-8-12(27-11)9-19-17-15(10-28(25,26)21-17)20-14-6-4-5-13(16(14)23)18(24)22(2)3/h4-8,10,20,23H,9H2,1-3H3,(H,19,21). The van der Waals surface area contributed by atoms with Gasteiger partial charge in [-0.3, -0.25) is 14.5 Å². The number of aryl methyl sites for hydroxylation is 1. The van der Waals surface area contributed by atoms with E-state index in [2.05, 4.69) is 15.0 Å². The van der Waals surface area contributed by atoms with Crippen LogP contribution in [0.15, 0.2) is 50.8 Å². The number of anilines is 1. The van der Waals surface area contributed by atoms with Crippen molar-refractivity contribution in [1.82, 2.24) is 9.62 Å². The van der Waals surface area contributed by atoms with E-state index in [1.165, 1.54) is 17.0 Å². The number of hydrogen-bond donors (Lipinski definition) is 3. The normalized spacial score (nSPS) is 16.5. The summed E-state index contributed by atoms with van der Waals surface area (Å²) in [5, 5.41) is 14.2. The number of benzene rings is 1. The van der Waals surface area contributed by atoms with Crippen LogP contribution in [0.1, 0.15) is 21.9 Å². The molecule has 1 aliphatic rings. The predicted octanol–water partition coefficient (Wildman–Crippen LogP) is 1.78. The molecule has 2 aromatic rings. The van der Waals surface area contributed by atoms with Crippen molar-refractivity contribution in [3.8, 4) is 5.75 Å². The molecule has 2 heterocycles. The van der Waals surface area contributed by atoms with Crippen molar-refractivity contribution in [2.24, 2.45) is 4.99 Å². The number of carbonyl (C=O) groups excluding carboxylic acids is 1. The summed E-state index contributed by atoms with van der Waals surface area (Å²) in [6.07, 6.45) is 0. The highest BCUT2D eigenvalue weighted by Gasteiger charge is 2.26. The van der Waals surface area contributed by atoms with E-state index in [4.69, 9.17) is 4.42 Å². The van der Waals surface area contributed by atoms with E-state index >= 15 is 0 Å². The zero-order chi connectivity index (χ0) is 20.5. The maximum absolute atomic E-state index is 12.2. The van der Waals surface area contributed by atoms with Crippen LogP contribution in [0.2, 0.25) is 0 Å². The fourth-order valence-electron chi connectivity index (χ4n) is 2.57. The van der Waals surface area contributed by atoms with E-state index in [0.717, 1.165) is 11.2 Å². The zero-order valence-electron chi connectivity index (χ0n) is 15.6. The number of carbonyl (C=O) groups is 1. The Morgan fingerprint density at radius 2 is 2.04 bits per heavy atom. The van der Waals surface area contributed by atoms with Crippen LogP contribution in [-0.4, -0.2) is 44.3 Å². The third kappa shape index (κ3) is 4.17. The number of aromatic hydroxyl groups is 1. The van der Waals surface area contributed by atoms with Gasteiger partial charge in [0.25, 0.3) is 15.9 Å². The second kappa shape index (κ2) is 7.39. The lowest BCUT2D eigenvalue weighted by Crippen LogP contribution is -2.25. The minimum absolute atomic E-state index is 0.0813. The number of phenols is 1. The molecule has 9 nitrogen and oxygen atoms in total. The summed E-state index contributed by atoms with van der Waals surface area (Å²) in [5.41, 5.74) is 0.418. The van der Waals surface area contributed by atoms with E-state index < -0.39 is 10.0 Å². The van der Waals surface area contributed by atoms with Gasteiger partial charge in [0.2, 0.25) is 0 Å². The topological polar surface area (TPSA) is 124 Å². The fraction of sp³-hybridized carbons (Fsp3) is 0.222. The molecule has 148 valence electrons. The number of nitrogens with one attached hydrogen (secondary N) is 2. The molecule has 0 atom stereocenters. The Hall–Kier alpha value is -3.27. The molecule has 0 fully saturated rings. The summed E-state index contributed by atoms with van der Waals surface area (Å²) in [5.74, 6) is 0.722. The van der Waals surface area contributed by atoms with Crippen molar-refractivity contribution in [3.63, 3.8) is 0 Å². The number of sulfonamides is 1. The molecular weight excluding hydrogens is 384 g/mol. The summed E-state index contributed by atoms with van der Waals surface area (Å²) in [4.78, 5) is 17.7. The summed E-state index contributed by atoms with van der Waals surface area (Å²) in [6.45, 7) is 1.93. The molecule has 28 heavy (non-hydrogen) atoms. The number of amidine groups is 1. The Labute approximate surface area is 162 Å². The highest BCUT2D eigenvalue weighted by Crippen LogP contribution is 2.30. The first-order valence-corrected chi connectivity index (χ1v) is 9.86. The van der Waals surface area contributed by atoms with Crippen molar-refractivity contribution in [2.75, 3.05) is 19.4 Å². The summed E-state index contributed by atoms with van der Waals surface area (Å²) >= 11 is 0. The number of rotatable bonds is 5. The van der Waals surface area contributed by atoms with Gasteiger partial charge in [0.15, 0.2) is 11.6 Å². The molecule has 1 aliphatic heterocycles. The number of nitrogens with zero attached hydrogens (tertiary/aromatic N) is 2. The molecule has 1 aromatic carbocycles. The number of para-hydroxylation sites is 1. The molecule has 3 rings (SSSR count). The van der Waals surface area contributed by atoms with Gasteiger partial charge >= 0.3 is 0 Å². The van der Waals surface area contributed by atoms with Crippen LogP contribution in [0.3, 0.4) is 0 Å². The molecule has 0 radical (unpaired) electrons. The average molecular weight is 404 g/mol. The third-order valence-corrected chi connectivity index (χ3v) is 4.92. The molecular formula is C18H20N4O5S. The van der Waals surface area contributed by atoms with Crippen molar-refractivity contribution in [1.29, 1.82) is 0 Å². The molecule has 0 unspecified atom stereocenters. The molecule has 1 aromatic heterocycles. The minimum atomic E-state index is -3.71. The SMILES string of the molecule is Cc1ccc(CN=C2NS(=O)(=O)C=C2Nc2cccc(C(=O)N(C)C)c2O)o1. The second-order valence-corrected chi connectivity index (χ2v) is 7.91. The van der Waals surface area contributed by atoms with Crippen molar-refractivity contribution < 1.29 is 22.7 Å². The molecule has 1 amide bonds. The van der Waals surface area contributed by atoms with Gasteiger partial charge in [-0.15, -0.1) is 0 Å². The second-order valence-electron chi connectivity index (χ2n) is 6.38. The summed E-state index contributed by atoms with van der Waals surface area (Å²) in [6, 6.07) is 8.13. The molecule has 0 bridgehead atoms. The summed E-state index contributed by atoms with van der Waals surface area (Å²) in [7, 11) is -0.573. The van der Waals surface area contributed by atoms with Crippen molar-refractivity contribution in [2.45, 2.75) is 13.5 Å². The third-order valence-electron chi connectivity index (χ3n) is 3.90. The predicted molar refractivity (Wildman–Crippen MR) is 104 cm³/mol. The Morgan fingerprint density at radius 1 is 1.29 bits per heavy atom. The van der Waals surface area contributed by atoms with Crippen molar-refractivity contribution >= 4 is 27.5 Å². The molecule has 10 heteroatoms. The van der Waals surface area contributed by atoms with Gasteiger partial charge < -0.3 is 19.7 Å². The average Bonchev–Trinajstić information content (AvgIpc) is 3.16. The number of furan rings is 1. The van der Waals surface area contributed by atoms with Crippen LogP contribution in [0.4, 0.5) is 5.69 Å². The number of hydrogen-bond acceptors (Lipinski definition) is 7. The lowest BCUT2D eigenvalue weighted by atomic mass is 10.1. The van der Waals surface area contributed by atoms with Gasteiger partial charge in [0, 0.05) is 14.1 Å². The van der Waals surface area contributed by atoms with Crippen LogP contribution >= 0.6 is 0 Å². The largest absolute Gasteiger partial charge is 0.505 e. The fourth-order valence-corrected chi connectivity index (χ4v) is 3.55. The maximum atomic E-state index is 12.2. The van der Waals surface area contributed by atoms with E-state index in [-0.39, 0.29) is 41.0 Å². The first-order valence-electron chi connectivity index (χ1n) is 8.31. The Bertz CT molecular complexity index is 1080. The Kier molecular flexibility index (Phi) is 5.14. The van der Waals surface area contributed by atoms with E-state index in [9.17, 15) is 18.3 Å². The first-order chi connectivity index (χ1) is 13.2. The Balaban J connectivity index is 1.89. The van der Waals surface area contributed by atoms with Crippen LogP contribution < -0.4 is 10.0 Å². The molecule has 3 N–H and O–H groups in total. The highest BCUT2D eigenvalue weighted by atomic mass is 32.2. The monoisotopic (exact) mass is 404 g/mol. The molecule has 0 saturated carbocycles. The number of amides is 1. The highest BCUT2D eigenvalue weighted by molar-refractivity contribution is 7.93. The molecule has 0 spiro atoms. The van der Waals surface area contributed by atoms with Gasteiger partial charge in [-0.05, 0) is 31.2 Å². The van der Waals surface area contributed by atoms with E-state index in [1.807, 2.05) is 0 Å². The van der Waals surface area contributed by atoms with Crippen LogP contribution in [0.5, 0.6) is 5.75 Å². The van der Waals surface area contributed by atoms with E-state index in [0.29, 0.717) is 5.76 Å². The molecule has 0 aliphatic carbocycles. The zero-order valence-corrected chi connectivity index (χ0v) is 16.4. The Morgan fingerprint density at radius 3 is 2.68 bits per heavy atom. The molecule has 0 saturated heterocycles. The lowest BCUT2D eigenvalue weighted by Gasteiger charge is -2.15. The maximum Gasteiger partial charge on any atom is 0.258 e. The summed E-state index contributed by atoms with van der Waals surface area (Å²) < 4.78 is 31.7. The first kappa shape index (κ1) is 19.5. The van der Waals surface area contributed by atoms with Gasteiger partial charge in [-0.1, -0.05) is 6.07 Å². The minimum Gasteiger partial charge on any atom is -0.505 e. The number of phenolic OH excluding ortho intramolecular Hbond substituents is 1. The van der Waals surface area contributed by atoms with Crippen LogP contribution in [0.25, 0.3) is 0 Å². The number of aliphatic imine (C=N–C) groups is 1. The van der Waals surface area contributed by atoms with Gasteiger partial charge in [0.05, 0.1) is 28.9 Å². The quantitative estimate of drug-likeness (QED) is 0.653. The smallest absolute Gasteiger partial charge is 0.258 e. The van der Waals surface area contributed by atoms with Crippen molar-refractivity contribution in [3.05, 3.63) is 58.5 Å².